The van der Waals surface area contributed by atoms with Gasteiger partial charge in [0.1, 0.15) is 0 Å². The van der Waals surface area contributed by atoms with Crippen LogP contribution >= 0.6 is 0 Å². The molecule has 0 amide bonds. The van der Waals surface area contributed by atoms with E-state index < -0.39 is 0 Å². The summed E-state index contributed by atoms with van der Waals surface area (Å²) in [6.45, 7) is 1.66. The van der Waals surface area contributed by atoms with E-state index in [0.29, 0.717) is 0 Å². The summed E-state index contributed by atoms with van der Waals surface area (Å²) in [4.78, 5) is 12.8. The van der Waals surface area contributed by atoms with Gasteiger partial charge in [-0.2, -0.15) is 0 Å². The van der Waals surface area contributed by atoms with Gasteiger partial charge in [0.2, 0.25) is 0 Å². The zero-order chi connectivity index (χ0) is 10.1. The number of fused-ring (bicyclic) bond motifs is 3. The average molecular weight is 198 g/mol. The maximum absolute atomic E-state index is 4.29. The summed E-state index contributed by atoms with van der Waals surface area (Å²) >= 11 is 0. The largest absolute Gasteiger partial charge is 0.382 e. The number of aliphatic imine (C=N–C) groups is 1. The molecule has 0 aliphatic carbocycles. The van der Waals surface area contributed by atoms with Crippen molar-refractivity contribution in [2.75, 3.05) is 18.4 Å². The van der Waals surface area contributed by atoms with Crippen LogP contribution in [0.3, 0.4) is 0 Å². The SMILES string of the molecule is C1=NCCNc2c1cnc1ncccc21. The van der Waals surface area contributed by atoms with Crippen LogP contribution < -0.4 is 5.32 Å². The van der Waals surface area contributed by atoms with Crippen LogP contribution in [-0.4, -0.2) is 29.3 Å². The molecule has 2 aromatic rings. The van der Waals surface area contributed by atoms with Crippen LogP contribution in [-0.2, 0) is 0 Å². The molecule has 0 atom stereocenters. The van der Waals surface area contributed by atoms with Gasteiger partial charge in [0.05, 0.1) is 12.2 Å². The van der Waals surface area contributed by atoms with E-state index in [2.05, 4.69) is 20.3 Å². The van der Waals surface area contributed by atoms with Crippen LogP contribution in [0.25, 0.3) is 11.0 Å². The third-order valence-corrected chi connectivity index (χ3v) is 2.44. The van der Waals surface area contributed by atoms with E-state index in [0.717, 1.165) is 35.4 Å². The zero-order valence-electron chi connectivity index (χ0n) is 8.14. The lowest BCUT2D eigenvalue weighted by molar-refractivity contribution is 1.04. The first-order valence-electron chi connectivity index (χ1n) is 4.92. The number of nitrogens with zero attached hydrogens (tertiary/aromatic N) is 3. The van der Waals surface area contributed by atoms with Crippen LogP contribution in [0, 0.1) is 0 Å². The first-order valence-corrected chi connectivity index (χ1v) is 4.92. The molecule has 4 nitrogen and oxygen atoms in total. The van der Waals surface area contributed by atoms with Crippen molar-refractivity contribution in [3.63, 3.8) is 0 Å². The molecule has 4 heteroatoms. The molecule has 74 valence electrons. The Morgan fingerprint density at radius 2 is 2.27 bits per heavy atom. The second-order valence-electron chi connectivity index (χ2n) is 3.43. The lowest BCUT2D eigenvalue weighted by atomic mass is 10.1. The van der Waals surface area contributed by atoms with Gasteiger partial charge in [-0.15, -0.1) is 0 Å². The standard InChI is InChI=1S/C11H10N4/c1-2-9-10-8(6-12-4-5-13-10)7-15-11(9)14-3-1/h1-3,6-7,13H,4-5H2. The van der Waals surface area contributed by atoms with Crippen molar-refractivity contribution in [2.45, 2.75) is 0 Å². The van der Waals surface area contributed by atoms with E-state index in [1.54, 1.807) is 6.20 Å². The predicted octanol–water partition coefficient (Wildman–Crippen LogP) is 1.47. The number of hydrogen-bond donors (Lipinski definition) is 1. The van der Waals surface area contributed by atoms with E-state index in [-0.39, 0.29) is 0 Å². The molecule has 1 aliphatic heterocycles. The summed E-state index contributed by atoms with van der Waals surface area (Å²) in [5.74, 6) is 0. The fourth-order valence-electron chi connectivity index (χ4n) is 1.75. The molecule has 0 saturated carbocycles. The number of anilines is 1. The number of nitrogens with one attached hydrogen (secondary N) is 1. The maximum atomic E-state index is 4.29. The fourth-order valence-corrected chi connectivity index (χ4v) is 1.75. The molecular formula is C11H10N4. The smallest absolute Gasteiger partial charge is 0.161 e. The van der Waals surface area contributed by atoms with Gasteiger partial charge in [0.25, 0.3) is 0 Å². The average Bonchev–Trinajstić information content (AvgIpc) is 2.54. The highest BCUT2D eigenvalue weighted by Crippen LogP contribution is 2.24. The molecule has 3 heterocycles. The number of rotatable bonds is 0. The van der Waals surface area contributed by atoms with Crippen LogP contribution in [0.2, 0.25) is 0 Å². The third-order valence-electron chi connectivity index (χ3n) is 2.44. The Morgan fingerprint density at radius 1 is 1.27 bits per heavy atom. The molecule has 0 spiro atoms. The summed E-state index contributed by atoms with van der Waals surface area (Å²) in [7, 11) is 0. The third kappa shape index (κ3) is 1.34. The summed E-state index contributed by atoms with van der Waals surface area (Å²) in [5, 5.41) is 4.42. The number of aromatic nitrogens is 2. The highest BCUT2D eigenvalue weighted by atomic mass is 14.9. The molecular weight excluding hydrogens is 188 g/mol. The molecule has 2 aromatic heterocycles. The molecule has 0 saturated heterocycles. The molecule has 0 fully saturated rings. The Morgan fingerprint density at radius 3 is 3.27 bits per heavy atom. The Labute approximate surface area is 87.1 Å². The highest BCUT2D eigenvalue weighted by Gasteiger charge is 2.08. The molecule has 0 unspecified atom stereocenters. The lowest BCUT2D eigenvalue weighted by Gasteiger charge is -2.08. The first kappa shape index (κ1) is 8.35. The van der Waals surface area contributed by atoms with Crippen LogP contribution in [0.4, 0.5) is 5.69 Å². The van der Waals surface area contributed by atoms with Gasteiger partial charge in [0.15, 0.2) is 5.65 Å². The summed E-state index contributed by atoms with van der Waals surface area (Å²) in [5.41, 5.74) is 2.90. The molecule has 0 bridgehead atoms. The Bertz CT molecular complexity index is 533. The number of hydrogen-bond acceptors (Lipinski definition) is 4. The second kappa shape index (κ2) is 3.31. The van der Waals surface area contributed by atoms with E-state index in [1.165, 1.54) is 0 Å². The fraction of sp³-hybridized carbons (Fsp3) is 0.182. The first-order chi connectivity index (χ1) is 7.45. The second-order valence-corrected chi connectivity index (χ2v) is 3.43. The van der Waals surface area contributed by atoms with E-state index in [4.69, 9.17) is 0 Å². The van der Waals surface area contributed by atoms with Crippen molar-refractivity contribution in [1.82, 2.24) is 9.97 Å². The van der Waals surface area contributed by atoms with Gasteiger partial charge < -0.3 is 5.32 Å². The van der Waals surface area contributed by atoms with Gasteiger partial charge in [-0.05, 0) is 12.1 Å². The van der Waals surface area contributed by atoms with Crippen molar-refractivity contribution in [2.24, 2.45) is 4.99 Å². The highest BCUT2D eigenvalue weighted by molar-refractivity contribution is 6.00. The normalized spacial score (nSPS) is 14.4. The van der Waals surface area contributed by atoms with Crippen molar-refractivity contribution in [3.8, 4) is 0 Å². The minimum Gasteiger partial charge on any atom is -0.382 e. The van der Waals surface area contributed by atoms with Gasteiger partial charge >= 0.3 is 0 Å². The monoisotopic (exact) mass is 198 g/mol. The lowest BCUT2D eigenvalue weighted by Crippen LogP contribution is -2.04. The number of pyridine rings is 2. The maximum Gasteiger partial charge on any atom is 0.161 e. The van der Waals surface area contributed by atoms with E-state index in [9.17, 15) is 0 Å². The summed E-state index contributed by atoms with van der Waals surface area (Å²) in [6.07, 6.45) is 5.44. The van der Waals surface area contributed by atoms with Crippen molar-refractivity contribution in [1.29, 1.82) is 0 Å². The van der Waals surface area contributed by atoms with E-state index in [1.807, 2.05) is 24.5 Å². The predicted molar refractivity (Wildman–Crippen MR) is 60.5 cm³/mol. The minimum absolute atomic E-state index is 0.777. The Hall–Kier alpha value is -1.97. The van der Waals surface area contributed by atoms with Crippen molar-refractivity contribution in [3.05, 3.63) is 30.1 Å². The van der Waals surface area contributed by atoms with Gasteiger partial charge in [-0.1, -0.05) is 0 Å². The summed E-state index contributed by atoms with van der Waals surface area (Å²) in [6, 6.07) is 3.95. The molecule has 0 aromatic carbocycles. The van der Waals surface area contributed by atoms with Gasteiger partial charge in [-0.25, -0.2) is 9.97 Å². The van der Waals surface area contributed by atoms with Crippen LogP contribution in [0.5, 0.6) is 0 Å². The molecule has 0 radical (unpaired) electrons. The topological polar surface area (TPSA) is 50.2 Å². The Balaban J connectivity index is 2.33. The zero-order valence-corrected chi connectivity index (χ0v) is 8.14. The van der Waals surface area contributed by atoms with Gasteiger partial charge in [0, 0.05) is 36.1 Å². The molecule has 1 aliphatic rings. The molecule has 1 N–H and O–H groups in total. The summed E-state index contributed by atoms with van der Waals surface area (Å²) < 4.78 is 0. The van der Waals surface area contributed by atoms with Crippen molar-refractivity contribution >= 4 is 22.9 Å². The molecule has 3 rings (SSSR count). The van der Waals surface area contributed by atoms with Crippen LogP contribution in [0.1, 0.15) is 5.56 Å². The van der Waals surface area contributed by atoms with Crippen LogP contribution in [0.15, 0.2) is 29.5 Å². The van der Waals surface area contributed by atoms with Crippen molar-refractivity contribution < 1.29 is 0 Å². The van der Waals surface area contributed by atoms with Gasteiger partial charge in [-0.3, -0.25) is 4.99 Å². The molecule has 15 heavy (non-hydrogen) atoms. The quantitative estimate of drug-likeness (QED) is 0.697. The minimum atomic E-state index is 0.777. The Kier molecular flexibility index (Phi) is 1.84. The van der Waals surface area contributed by atoms with E-state index >= 15 is 0 Å².